The molecule has 0 N–H and O–H groups in total. The van der Waals surface area contributed by atoms with Crippen molar-refractivity contribution >= 4 is 11.8 Å². The standard InChI is InChI=1S/C21H20F3N2OS/c1-14-11-26(12-15-4-6-16(7-5-15)21(22,23)24)20(17-13-28-10-8-25-17)19(14)18-3-2-9-27-18/h2-7,9,11,17H,8,10,12-13H2,1H3. The summed E-state index contributed by atoms with van der Waals surface area (Å²) in [4.78, 5) is 0. The number of aryl methyl sites for hydroxylation is 1. The summed E-state index contributed by atoms with van der Waals surface area (Å²) in [5.74, 6) is 2.71. The first-order valence-electron chi connectivity index (χ1n) is 9.07. The van der Waals surface area contributed by atoms with Crippen molar-refractivity contribution in [2.75, 3.05) is 18.1 Å². The minimum absolute atomic E-state index is 0.0435. The molecule has 0 spiro atoms. The summed E-state index contributed by atoms with van der Waals surface area (Å²) in [5, 5.41) is 4.80. The Bertz CT molecular complexity index is 924. The Morgan fingerprint density at radius 2 is 2.00 bits per heavy atom. The first-order chi connectivity index (χ1) is 13.4. The van der Waals surface area contributed by atoms with Crippen LogP contribution in [-0.2, 0) is 12.7 Å². The average molecular weight is 405 g/mol. The minimum atomic E-state index is -4.32. The van der Waals surface area contributed by atoms with Crippen LogP contribution in [0.4, 0.5) is 13.2 Å². The van der Waals surface area contributed by atoms with Crippen molar-refractivity contribution in [3.8, 4) is 11.3 Å². The largest absolute Gasteiger partial charge is 0.464 e. The predicted molar refractivity (Wildman–Crippen MR) is 104 cm³/mol. The van der Waals surface area contributed by atoms with Gasteiger partial charge in [-0.15, -0.1) is 0 Å². The molecule has 3 nitrogen and oxygen atoms in total. The third kappa shape index (κ3) is 3.86. The molecule has 7 heteroatoms. The summed E-state index contributed by atoms with van der Waals surface area (Å²) >= 11 is 1.87. The van der Waals surface area contributed by atoms with Gasteiger partial charge in [0.15, 0.2) is 0 Å². The molecule has 4 rings (SSSR count). The van der Waals surface area contributed by atoms with Gasteiger partial charge in [-0.1, -0.05) is 12.1 Å². The molecule has 0 bridgehead atoms. The number of furan rings is 1. The molecule has 2 aromatic heterocycles. The molecule has 0 amide bonds. The number of rotatable bonds is 4. The third-order valence-electron chi connectivity index (χ3n) is 4.89. The lowest BCUT2D eigenvalue weighted by molar-refractivity contribution is -0.137. The predicted octanol–water partition coefficient (Wildman–Crippen LogP) is 5.52. The van der Waals surface area contributed by atoms with Gasteiger partial charge in [-0.25, -0.2) is 5.32 Å². The molecule has 1 radical (unpaired) electrons. The van der Waals surface area contributed by atoms with Gasteiger partial charge in [0.25, 0.3) is 0 Å². The van der Waals surface area contributed by atoms with E-state index in [1.807, 2.05) is 37.0 Å². The Morgan fingerprint density at radius 3 is 2.61 bits per heavy atom. The van der Waals surface area contributed by atoms with Crippen LogP contribution in [0.3, 0.4) is 0 Å². The zero-order valence-electron chi connectivity index (χ0n) is 15.4. The molecular formula is C21H20F3N2OS. The lowest BCUT2D eigenvalue weighted by atomic mass is 10.0. The maximum absolute atomic E-state index is 12.8. The van der Waals surface area contributed by atoms with Crippen molar-refractivity contribution in [1.82, 2.24) is 9.88 Å². The van der Waals surface area contributed by atoms with Crippen molar-refractivity contribution in [2.45, 2.75) is 25.7 Å². The fraction of sp³-hybridized carbons (Fsp3) is 0.333. The van der Waals surface area contributed by atoms with E-state index >= 15 is 0 Å². The summed E-state index contributed by atoms with van der Waals surface area (Å²) < 4.78 is 46.3. The first kappa shape index (κ1) is 19.2. The van der Waals surface area contributed by atoms with E-state index in [9.17, 15) is 13.2 Å². The highest BCUT2D eigenvalue weighted by Gasteiger charge is 2.30. The summed E-state index contributed by atoms with van der Waals surface area (Å²) in [7, 11) is 0. The van der Waals surface area contributed by atoms with Gasteiger partial charge in [-0.05, 0) is 42.3 Å². The summed E-state index contributed by atoms with van der Waals surface area (Å²) in [6.45, 7) is 3.32. The van der Waals surface area contributed by atoms with Crippen molar-refractivity contribution in [1.29, 1.82) is 0 Å². The SMILES string of the molecule is Cc1cn(Cc2ccc(C(F)(F)F)cc2)c(C2CSCC[N]2)c1-c1ccco1. The third-order valence-corrected chi connectivity index (χ3v) is 5.91. The van der Waals surface area contributed by atoms with Gasteiger partial charge in [0.05, 0.1) is 17.9 Å². The highest BCUT2D eigenvalue weighted by Crippen LogP contribution is 2.37. The number of hydrogen-bond donors (Lipinski definition) is 0. The van der Waals surface area contributed by atoms with Crippen LogP contribution >= 0.6 is 11.8 Å². The summed E-state index contributed by atoms with van der Waals surface area (Å²) in [5.41, 5.74) is 3.36. The highest BCUT2D eigenvalue weighted by molar-refractivity contribution is 7.99. The zero-order valence-corrected chi connectivity index (χ0v) is 16.2. The Hall–Kier alpha value is -2.12. The van der Waals surface area contributed by atoms with Gasteiger partial charge >= 0.3 is 6.18 Å². The monoisotopic (exact) mass is 405 g/mol. The molecule has 1 aromatic carbocycles. The van der Waals surface area contributed by atoms with Crippen LogP contribution in [0.25, 0.3) is 11.3 Å². The fourth-order valence-corrected chi connectivity index (χ4v) is 4.51. The average Bonchev–Trinajstić information content (AvgIpc) is 3.30. The number of thioether (sulfide) groups is 1. The van der Waals surface area contributed by atoms with Crippen LogP contribution in [0.15, 0.2) is 53.3 Å². The van der Waals surface area contributed by atoms with Crippen LogP contribution in [0, 0.1) is 6.92 Å². The first-order valence-corrected chi connectivity index (χ1v) is 10.2. The Balaban J connectivity index is 1.71. The second-order valence-corrected chi connectivity index (χ2v) is 8.02. The zero-order chi connectivity index (χ0) is 19.7. The highest BCUT2D eigenvalue weighted by atomic mass is 32.2. The van der Waals surface area contributed by atoms with E-state index in [2.05, 4.69) is 4.57 Å². The van der Waals surface area contributed by atoms with E-state index in [-0.39, 0.29) is 6.04 Å². The molecular weight excluding hydrogens is 385 g/mol. The van der Waals surface area contributed by atoms with E-state index in [0.29, 0.717) is 6.54 Å². The Labute approximate surface area is 165 Å². The molecule has 1 saturated heterocycles. The van der Waals surface area contributed by atoms with Gasteiger partial charge in [-0.3, -0.25) is 0 Å². The van der Waals surface area contributed by atoms with E-state index < -0.39 is 11.7 Å². The van der Waals surface area contributed by atoms with Crippen molar-refractivity contribution in [2.24, 2.45) is 0 Å². The van der Waals surface area contributed by atoms with E-state index in [4.69, 9.17) is 9.73 Å². The maximum atomic E-state index is 12.8. The molecule has 3 heterocycles. The maximum Gasteiger partial charge on any atom is 0.416 e. The van der Waals surface area contributed by atoms with Crippen molar-refractivity contribution in [3.05, 3.63) is 71.2 Å². The molecule has 1 aliphatic rings. The Kier molecular flexibility index (Phi) is 5.29. The van der Waals surface area contributed by atoms with Crippen LogP contribution in [0.5, 0.6) is 0 Å². The molecule has 147 valence electrons. The molecule has 28 heavy (non-hydrogen) atoms. The lowest BCUT2D eigenvalue weighted by Crippen LogP contribution is -2.26. The van der Waals surface area contributed by atoms with Gasteiger partial charge in [0.2, 0.25) is 0 Å². The van der Waals surface area contributed by atoms with Crippen molar-refractivity contribution in [3.63, 3.8) is 0 Å². The number of aromatic nitrogens is 1. The van der Waals surface area contributed by atoms with E-state index in [0.717, 1.165) is 58.3 Å². The number of alkyl halides is 3. The molecule has 3 aromatic rings. The Morgan fingerprint density at radius 1 is 1.21 bits per heavy atom. The molecule has 1 aliphatic heterocycles. The second kappa shape index (κ2) is 7.72. The minimum Gasteiger partial charge on any atom is -0.464 e. The van der Waals surface area contributed by atoms with Crippen LogP contribution in [0.1, 0.15) is 28.4 Å². The molecule has 0 aliphatic carbocycles. The fourth-order valence-electron chi connectivity index (χ4n) is 3.63. The smallest absolute Gasteiger partial charge is 0.416 e. The van der Waals surface area contributed by atoms with Gasteiger partial charge < -0.3 is 8.98 Å². The van der Waals surface area contributed by atoms with Crippen LogP contribution in [0.2, 0.25) is 0 Å². The molecule has 1 atom stereocenters. The lowest BCUT2D eigenvalue weighted by Gasteiger charge is -2.24. The number of halogens is 3. The van der Waals surface area contributed by atoms with Crippen LogP contribution in [-0.4, -0.2) is 22.6 Å². The van der Waals surface area contributed by atoms with Crippen LogP contribution < -0.4 is 5.32 Å². The van der Waals surface area contributed by atoms with Gasteiger partial charge in [0.1, 0.15) is 5.76 Å². The second-order valence-electron chi connectivity index (χ2n) is 6.87. The molecule has 1 fully saturated rings. The van der Waals surface area contributed by atoms with Gasteiger partial charge in [-0.2, -0.15) is 24.9 Å². The van der Waals surface area contributed by atoms with E-state index in [1.54, 1.807) is 18.4 Å². The summed E-state index contributed by atoms with van der Waals surface area (Å²) in [6.07, 6.45) is -0.628. The quantitative estimate of drug-likeness (QED) is 0.573. The molecule has 1 unspecified atom stereocenters. The van der Waals surface area contributed by atoms with E-state index in [1.165, 1.54) is 0 Å². The number of nitrogens with zero attached hydrogens (tertiary/aromatic N) is 2. The number of hydrogen-bond acceptors (Lipinski definition) is 2. The topological polar surface area (TPSA) is 32.2 Å². The van der Waals surface area contributed by atoms with Gasteiger partial charge in [0, 0.05) is 42.0 Å². The normalized spacial score (nSPS) is 17.8. The number of benzene rings is 1. The molecule has 0 saturated carbocycles. The van der Waals surface area contributed by atoms with Crippen molar-refractivity contribution < 1.29 is 17.6 Å². The summed E-state index contributed by atoms with van der Waals surface area (Å²) in [6, 6.07) is 9.20.